The number of pyridine rings is 1. The van der Waals surface area contributed by atoms with Gasteiger partial charge in [0, 0.05) is 32.3 Å². The first kappa shape index (κ1) is 23.5. The van der Waals surface area contributed by atoms with E-state index in [4.69, 9.17) is 9.72 Å². The first-order chi connectivity index (χ1) is 16.5. The number of rotatable bonds is 9. The van der Waals surface area contributed by atoms with Crippen LogP contribution in [0.25, 0.3) is 11.0 Å². The number of amides is 1. The third-order valence-electron chi connectivity index (χ3n) is 6.39. The lowest BCUT2D eigenvalue weighted by Gasteiger charge is -2.23. The number of methoxy groups -OCH3 is 1. The SMILES string of the molecule is COc1nn(C)c2nc(C)c(CCC(=O)N(CCc3ccccc3)Cc3ccccc3)c(C)c12. The van der Waals surface area contributed by atoms with Crippen LogP contribution >= 0.6 is 0 Å². The number of hydrogen-bond donors (Lipinski definition) is 0. The fourth-order valence-electron chi connectivity index (χ4n) is 4.50. The van der Waals surface area contributed by atoms with Gasteiger partial charge in [0.1, 0.15) is 0 Å². The lowest BCUT2D eigenvalue weighted by molar-refractivity contribution is -0.131. The molecule has 0 unspecified atom stereocenters. The number of hydrogen-bond acceptors (Lipinski definition) is 4. The lowest BCUT2D eigenvalue weighted by atomic mass is 9.99. The van der Waals surface area contributed by atoms with Gasteiger partial charge < -0.3 is 9.64 Å². The zero-order valence-corrected chi connectivity index (χ0v) is 20.4. The summed E-state index contributed by atoms with van der Waals surface area (Å²) < 4.78 is 7.23. The van der Waals surface area contributed by atoms with Crippen LogP contribution in [0.15, 0.2) is 60.7 Å². The molecule has 4 rings (SSSR count). The third-order valence-corrected chi connectivity index (χ3v) is 6.39. The minimum Gasteiger partial charge on any atom is -0.479 e. The highest BCUT2D eigenvalue weighted by Crippen LogP contribution is 2.30. The number of carbonyl (C=O) groups is 1. The summed E-state index contributed by atoms with van der Waals surface area (Å²) in [5, 5.41) is 5.35. The number of nitrogens with zero attached hydrogens (tertiary/aromatic N) is 4. The van der Waals surface area contributed by atoms with E-state index in [1.165, 1.54) is 5.56 Å². The first-order valence-corrected chi connectivity index (χ1v) is 11.7. The van der Waals surface area contributed by atoms with E-state index in [0.717, 1.165) is 39.8 Å². The molecular weight excluding hydrogens is 424 g/mol. The average Bonchev–Trinajstić information content (AvgIpc) is 3.18. The van der Waals surface area contributed by atoms with Crippen molar-refractivity contribution in [2.75, 3.05) is 13.7 Å². The molecule has 2 aromatic heterocycles. The van der Waals surface area contributed by atoms with E-state index in [1.807, 2.05) is 55.3 Å². The second-order valence-corrected chi connectivity index (χ2v) is 8.67. The van der Waals surface area contributed by atoms with Gasteiger partial charge in [0.15, 0.2) is 5.65 Å². The van der Waals surface area contributed by atoms with Crippen LogP contribution in [0.3, 0.4) is 0 Å². The normalized spacial score (nSPS) is 11.1. The second-order valence-electron chi connectivity index (χ2n) is 8.67. The van der Waals surface area contributed by atoms with Gasteiger partial charge in [0.25, 0.3) is 0 Å². The average molecular weight is 457 g/mol. The Morgan fingerprint density at radius 3 is 2.26 bits per heavy atom. The van der Waals surface area contributed by atoms with E-state index in [2.05, 4.69) is 36.3 Å². The van der Waals surface area contributed by atoms with E-state index in [0.29, 0.717) is 31.8 Å². The molecule has 0 fully saturated rings. The summed E-state index contributed by atoms with van der Waals surface area (Å²) in [6, 6.07) is 20.5. The molecule has 0 radical (unpaired) electrons. The molecule has 2 aromatic carbocycles. The monoisotopic (exact) mass is 456 g/mol. The van der Waals surface area contributed by atoms with Crippen molar-refractivity contribution in [2.24, 2.45) is 7.05 Å². The molecule has 0 atom stereocenters. The van der Waals surface area contributed by atoms with Gasteiger partial charge >= 0.3 is 0 Å². The molecule has 0 aliphatic carbocycles. The standard InChI is InChI=1S/C28H32N4O2/c1-20-24(21(2)29-27-26(20)28(34-4)30-31(27)3)15-16-25(33)32(19-23-13-9-6-10-14-23)18-17-22-11-7-5-8-12-22/h5-14H,15-19H2,1-4H3. The molecule has 0 saturated carbocycles. The fraction of sp³-hybridized carbons (Fsp3) is 0.321. The van der Waals surface area contributed by atoms with Crippen molar-refractivity contribution in [3.8, 4) is 5.88 Å². The largest absolute Gasteiger partial charge is 0.479 e. The van der Waals surface area contributed by atoms with E-state index in [-0.39, 0.29) is 5.91 Å². The van der Waals surface area contributed by atoms with Gasteiger partial charge in [-0.3, -0.25) is 4.79 Å². The Morgan fingerprint density at radius 1 is 0.971 bits per heavy atom. The predicted octanol–water partition coefficient (Wildman–Crippen LogP) is 4.80. The van der Waals surface area contributed by atoms with Gasteiger partial charge in [0.05, 0.1) is 12.5 Å². The molecule has 0 aliphatic rings. The van der Waals surface area contributed by atoms with Gasteiger partial charge in [-0.15, -0.1) is 5.10 Å². The minimum atomic E-state index is 0.150. The predicted molar refractivity (Wildman–Crippen MR) is 135 cm³/mol. The Kier molecular flexibility index (Phi) is 7.26. The molecule has 0 N–H and O–H groups in total. The summed E-state index contributed by atoms with van der Waals surface area (Å²) in [5.41, 5.74) is 6.28. The molecule has 0 saturated heterocycles. The molecule has 0 spiro atoms. The van der Waals surface area contributed by atoms with Crippen LogP contribution in [0.5, 0.6) is 5.88 Å². The van der Waals surface area contributed by atoms with E-state index < -0.39 is 0 Å². The van der Waals surface area contributed by atoms with Crippen LogP contribution < -0.4 is 4.74 Å². The van der Waals surface area contributed by atoms with Gasteiger partial charge in [-0.1, -0.05) is 60.7 Å². The Labute approximate surface area is 201 Å². The topological polar surface area (TPSA) is 60.2 Å². The van der Waals surface area contributed by atoms with Crippen molar-refractivity contribution in [1.82, 2.24) is 19.7 Å². The van der Waals surface area contributed by atoms with E-state index in [9.17, 15) is 4.79 Å². The number of aromatic nitrogens is 3. The van der Waals surface area contributed by atoms with Crippen LogP contribution in [-0.2, 0) is 31.2 Å². The number of carbonyl (C=O) groups excluding carboxylic acids is 1. The summed E-state index contributed by atoms with van der Waals surface area (Å²) in [4.78, 5) is 20.2. The molecule has 34 heavy (non-hydrogen) atoms. The Bertz CT molecular complexity index is 1270. The highest BCUT2D eigenvalue weighted by atomic mass is 16.5. The smallest absolute Gasteiger partial charge is 0.242 e. The molecule has 6 heteroatoms. The summed E-state index contributed by atoms with van der Waals surface area (Å²) >= 11 is 0. The number of ether oxygens (including phenoxy) is 1. The van der Waals surface area contributed by atoms with E-state index in [1.54, 1.807) is 11.8 Å². The highest BCUT2D eigenvalue weighted by Gasteiger charge is 2.20. The zero-order valence-electron chi connectivity index (χ0n) is 20.4. The molecule has 6 nitrogen and oxygen atoms in total. The molecule has 0 bridgehead atoms. The van der Waals surface area contributed by atoms with Gasteiger partial charge in [-0.2, -0.15) is 0 Å². The Hall–Kier alpha value is -3.67. The maximum atomic E-state index is 13.4. The molecule has 176 valence electrons. The number of fused-ring (bicyclic) bond motifs is 1. The Balaban J connectivity index is 1.53. The van der Waals surface area contributed by atoms with Crippen molar-refractivity contribution in [1.29, 1.82) is 0 Å². The van der Waals surface area contributed by atoms with Gasteiger partial charge in [-0.25, -0.2) is 9.67 Å². The number of benzene rings is 2. The van der Waals surface area contributed by atoms with E-state index >= 15 is 0 Å². The van der Waals surface area contributed by atoms with Crippen LogP contribution in [0.1, 0.15) is 34.4 Å². The molecule has 0 aliphatic heterocycles. The fourth-order valence-corrected chi connectivity index (χ4v) is 4.50. The molecule has 2 heterocycles. The minimum absolute atomic E-state index is 0.150. The second kappa shape index (κ2) is 10.5. The van der Waals surface area contributed by atoms with Crippen LogP contribution in [0.4, 0.5) is 0 Å². The third kappa shape index (κ3) is 5.11. The van der Waals surface area contributed by atoms with Crippen molar-refractivity contribution in [2.45, 2.75) is 39.7 Å². The quantitative estimate of drug-likeness (QED) is 0.363. The lowest BCUT2D eigenvalue weighted by Crippen LogP contribution is -2.32. The summed E-state index contributed by atoms with van der Waals surface area (Å²) in [6.45, 7) is 5.36. The van der Waals surface area contributed by atoms with Crippen molar-refractivity contribution >= 4 is 16.9 Å². The zero-order chi connectivity index (χ0) is 24.1. The summed E-state index contributed by atoms with van der Waals surface area (Å²) in [6.07, 6.45) is 1.89. The van der Waals surface area contributed by atoms with Crippen molar-refractivity contribution in [3.63, 3.8) is 0 Å². The van der Waals surface area contributed by atoms with Crippen LogP contribution in [0, 0.1) is 13.8 Å². The molecule has 4 aromatic rings. The van der Waals surface area contributed by atoms with Crippen molar-refractivity contribution in [3.05, 3.63) is 88.6 Å². The maximum absolute atomic E-state index is 13.4. The highest BCUT2D eigenvalue weighted by molar-refractivity contribution is 5.86. The van der Waals surface area contributed by atoms with Gasteiger partial charge in [-0.05, 0) is 48.9 Å². The summed E-state index contributed by atoms with van der Waals surface area (Å²) in [5.74, 6) is 0.723. The molecular formula is C28H32N4O2. The molecule has 1 amide bonds. The number of aryl methyl sites for hydroxylation is 3. The van der Waals surface area contributed by atoms with Gasteiger partial charge in [0.2, 0.25) is 11.8 Å². The van der Waals surface area contributed by atoms with Crippen LogP contribution in [-0.4, -0.2) is 39.2 Å². The first-order valence-electron chi connectivity index (χ1n) is 11.7. The summed E-state index contributed by atoms with van der Waals surface area (Å²) in [7, 11) is 3.49. The maximum Gasteiger partial charge on any atom is 0.242 e. The van der Waals surface area contributed by atoms with Crippen LogP contribution in [0.2, 0.25) is 0 Å². The Morgan fingerprint density at radius 2 is 1.62 bits per heavy atom. The van der Waals surface area contributed by atoms with Crippen molar-refractivity contribution < 1.29 is 9.53 Å².